The second kappa shape index (κ2) is 1.76. The van der Waals surface area contributed by atoms with Gasteiger partial charge in [0.1, 0.15) is 11.8 Å². The summed E-state index contributed by atoms with van der Waals surface area (Å²) in [7, 11) is 0. The summed E-state index contributed by atoms with van der Waals surface area (Å²) in [5.74, 6) is 0.734. The van der Waals surface area contributed by atoms with E-state index in [0.717, 1.165) is 11.3 Å². The molecular formula is C6H5N3O. The molecule has 4 nitrogen and oxygen atoms in total. The Hall–Kier alpha value is -1.45. The fourth-order valence-electron chi connectivity index (χ4n) is 0.821. The Balaban J connectivity index is 2.93. The molecule has 4 heteroatoms. The van der Waals surface area contributed by atoms with Crippen LogP contribution in [0.25, 0.3) is 11.0 Å². The van der Waals surface area contributed by atoms with E-state index in [9.17, 15) is 0 Å². The van der Waals surface area contributed by atoms with E-state index in [4.69, 9.17) is 4.52 Å². The number of fused-ring (bicyclic) bond motifs is 1. The minimum absolute atomic E-state index is 0.708. The molecule has 0 saturated carbocycles. The predicted molar refractivity (Wildman–Crippen MR) is 34.3 cm³/mol. The van der Waals surface area contributed by atoms with Gasteiger partial charge in [-0.05, 0) is 6.92 Å². The molecule has 0 bridgehead atoms. The van der Waals surface area contributed by atoms with Crippen LogP contribution in [0.1, 0.15) is 5.76 Å². The molecule has 0 N–H and O–H groups in total. The van der Waals surface area contributed by atoms with Crippen molar-refractivity contribution in [2.75, 3.05) is 0 Å². The summed E-state index contributed by atoms with van der Waals surface area (Å²) in [5.41, 5.74) is 1.50. The zero-order valence-corrected chi connectivity index (χ0v) is 5.40. The second-order valence-corrected chi connectivity index (χ2v) is 2.00. The van der Waals surface area contributed by atoms with Gasteiger partial charge >= 0.3 is 0 Å². The van der Waals surface area contributed by atoms with Crippen LogP contribution in [-0.2, 0) is 0 Å². The summed E-state index contributed by atoms with van der Waals surface area (Å²) >= 11 is 0. The van der Waals surface area contributed by atoms with Crippen molar-refractivity contribution >= 4 is 11.0 Å². The molecule has 10 heavy (non-hydrogen) atoms. The van der Waals surface area contributed by atoms with Crippen molar-refractivity contribution < 1.29 is 4.52 Å². The molecular weight excluding hydrogens is 130 g/mol. The highest BCUT2D eigenvalue weighted by atomic mass is 16.5. The van der Waals surface area contributed by atoms with Crippen molar-refractivity contribution in [2.45, 2.75) is 6.92 Å². The van der Waals surface area contributed by atoms with Crippen LogP contribution < -0.4 is 0 Å². The number of aromatic nitrogens is 3. The Labute approximate surface area is 56.9 Å². The molecule has 0 atom stereocenters. The Morgan fingerprint density at radius 2 is 2.40 bits per heavy atom. The van der Waals surface area contributed by atoms with E-state index in [2.05, 4.69) is 15.1 Å². The Kier molecular flexibility index (Phi) is 0.943. The van der Waals surface area contributed by atoms with Gasteiger partial charge in [-0.3, -0.25) is 0 Å². The first-order valence-corrected chi connectivity index (χ1v) is 2.90. The highest BCUT2D eigenvalue weighted by Crippen LogP contribution is 2.11. The standard InChI is InChI=1S/C6H5N3O/c1-4-6-5(9-10-4)2-7-3-8-6/h2-3H,1H3. The van der Waals surface area contributed by atoms with Gasteiger partial charge in [0.05, 0.1) is 6.20 Å². The maximum atomic E-state index is 4.86. The van der Waals surface area contributed by atoms with Gasteiger partial charge in [-0.1, -0.05) is 5.16 Å². The molecule has 0 spiro atoms. The zero-order chi connectivity index (χ0) is 6.97. The number of hydrogen-bond donors (Lipinski definition) is 0. The van der Waals surface area contributed by atoms with Crippen LogP contribution in [0.5, 0.6) is 0 Å². The van der Waals surface area contributed by atoms with Gasteiger partial charge in [0.15, 0.2) is 11.3 Å². The maximum absolute atomic E-state index is 4.86. The third-order valence-corrected chi connectivity index (χ3v) is 1.31. The third kappa shape index (κ3) is 0.586. The molecule has 0 aliphatic rings. The van der Waals surface area contributed by atoms with Crippen molar-refractivity contribution in [3.63, 3.8) is 0 Å². The van der Waals surface area contributed by atoms with Gasteiger partial charge < -0.3 is 4.52 Å². The molecule has 0 aliphatic heterocycles. The minimum atomic E-state index is 0.708. The Morgan fingerprint density at radius 1 is 1.50 bits per heavy atom. The lowest BCUT2D eigenvalue weighted by molar-refractivity contribution is 0.405. The van der Waals surface area contributed by atoms with Crippen LogP contribution in [0.3, 0.4) is 0 Å². The van der Waals surface area contributed by atoms with E-state index in [0.29, 0.717) is 5.52 Å². The summed E-state index contributed by atoms with van der Waals surface area (Å²) in [4.78, 5) is 7.77. The third-order valence-electron chi connectivity index (χ3n) is 1.31. The summed E-state index contributed by atoms with van der Waals surface area (Å²) in [5, 5.41) is 3.72. The average molecular weight is 135 g/mol. The second-order valence-electron chi connectivity index (χ2n) is 2.00. The highest BCUT2D eigenvalue weighted by molar-refractivity contribution is 5.73. The van der Waals surface area contributed by atoms with Crippen LogP contribution >= 0.6 is 0 Å². The molecule has 2 aromatic rings. The van der Waals surface area contributed by atoms with Crippen LogP contribution in [0.4, 0.5) is 0 Å². The zero-order valence-electron chi connectivity index (χ0n) is 5.40. The predicted octanol–water partition coefficient (Wildman–Crippen LogP) is 0.926. The molecule has 2 aromatic heterocycles. The normalized spacial score (nSPS) is 10.5. The van der Waals surface area contributed by atoms with Gasteiger partial charge in [-0.25, -0.2) is 9.97 Å². The summed E-state index contributed by atoms with van der Waals surface area (Å²) in [6.07, 6.45) is 3.10. The van der Waals surface area contributed by atoms with Crippen molar-refractivity contribution in [1.29, 1.82) is 0 Å². The van der Waals surface area contributed by atoms with Crippen LogP contribution in [-0.4, -0.2) is 15.1 Å². The molecule has 0 radical (unpaired) electrons. The monoisotopic (exact) mass is 135 g/mol. The van der Waals surface area contributed by atoms with E-state index < -0.39 is 0 Å². The highest BCUT2D eigenvalue weighted by Gasteiger charge is 2.02. The molecule has 0 saturated heterocycles. The van der Waals surface area contributed by atoms with E-state index in [-0.39, 0.29) is 0 Å². The van der Waals surface area contributed by atoms with Crippen LogP contribution in [0.2, 0.25) is 0 Å². The largest absolute Gasteiger partial charge is 0.359 e. The lowest BCUT2D eigenvalue weighted by Gasteiger charge is -1.80. The number of nitrogens with zero attached hydrogens (tertiary/aromatic N) is 3. The first-order chi connectivity index (χ1) is 4.88. The van der Waals surface area contributed by atoms with Gasteiger partial charge in [-0.15, -0.1) is 0 Å². The van der Waals surface area contributed by atoms with E-state index in [1.807, 2.05) is 6.92 Å². The van der Waals surface area contributed by atoms with E-state index >= 15 is 0 Å². The Morgan fingerprint density at radius 3 is 3.20 bits per heavy atom. The van der Waals surface area contributed by atoms with Crippen LogP contribution in [0, 0.1) is 6.92 Å². The van der Waals surface area contributed by atoms with E-state index in [1.165, 1.54) is 6.33 Å². The van der Waals surface area contributed by atoms with Crippen molar-refractivity contribution in [3.8, 4) is 0 Å². The lowest BCUT2D eigenvalue weighted by atomic mass is 10.4. The number of rotatable bonds is 0. The molecule has 0 amide bonds. The van der Waals surface area contributed by atoms with Gasteiger partial charge in [0, 0.05) is 0 Å². The summed E-state index contributed by atoms with van der Waals surface area (Å²) in [6, 6.07) is 0. The van der Waals surface area contributed by atoms with Crippen molar-refractivity contribution in [2.24, 2.45) is 0 Å². The SMILES string of the molecule is Cc1onc2cncnc12. The summed E-state index contributed by atoms with van der Waals surface area (Å²) < 4.78 is 4.86. The number of hydrogen-bond acceptors (Lipinski definition) is 4. The quantitative estimate of drug-likeness (QED) is 0.539. The van der Waals surface area contributed by atoms with Gasteiger partial charge in [0.2, 0.25) is 0 Å². The fraction of sp³-hybridized carbons (Fsp3) is 0.167. The maximum Gasteiger partial charge on any atom is 0.160 e. The molecule has 2 rings (SSSR count). The molecule has 0 aliphatic carbocycles. The lowest BCUT2D eigenvalue weighted by Crippen LogP contribution is -1.77. The van der Waals surface area contributed by atoms with Gasteiger partial charge in [0.25, 0.3) is 0 Å². The molecule has 0 fully saturated rings. The van der Waals surface area contributed by atoms with Gasteiger partial charge in [-0.2, -0.15) is 0 Å². The first-order valence-electron chi connectivity index (χ1n) is 2.90. The first kappa shape index (κ1) is 5.34. The number of aryl methyl sites for hydroxylation is 1. The average Bonchev–Trinajstić information content (AvgIpc) is 2.34. The van der Waals surface area contributed by atoms with Crippen molar-refractivity contribution in [3.05, 3.63) is 18.3 Å². The minimum Gasteiger partial charge on any atom is -0.359 e. The topological polar surface area (TPSA) is 51.8 Å². The smallest absolute Gasteiger partial charge is 0.160 e. The Bertz CT molecular complexity index is 355. The molecule has 2 heterocycles. The molecule has 50 valence electrons. The summed E-state index contributed by atoms with van der Waals surface area (Å²) in [6.45, 7) is 1.82. The molecule has 0 unspecified atom stereocenters. The fourth-order valence-corrected chi connectivity index (χ4v) is 0.821. The van der Waals surface area contributed by atoms with E-state index in [1.54, 1.807) is 6.20 Å². The van der Waals surface area contributed by atoms with Crippen molar-refractivity contribution in [1.82, 2.24) is 15.1 Å². The van der Waals surface area contributed by atoms with Crippen LogP contribution in [0.15, 0.2) is 17.0 Å². The molecule has 0 aromatic carbocycles.